The van der Waals surface area contributed by atoms with E-state index in [0.29, 0.717) is 15.8 Å². The molecule has 0 saturated heterocycles. The average molecular weight is 375 g/mol. The number of benzene rings is 2. The standard InChI is InChI=1S/C15H14BrCl2NO/c1-2-19-9-10-3-4-15(14(16)5-10)20-13-7-11(17)6-12(18)8-13/h3-8,19H,2,9H2,1H3. The lowest BCUT2D eigenvalue weighted by atomic mass is 10.2. The first-order chi connectivity index (χ1) is 9.58. The summed E-state index contributed by atoms with van der Waals surface area (Å²) in [7, 11) is 0. The number of hydrogen-bond acceptors (Lipinski definition) is 2. The first-order valence-electron chi connectivity index (χ1n) is 6.21. The second kappa shape index (κ2) is 7.32. The Balaban J connectivity index is 2.16. The van der Waals surface area contributed by atoms with Gasteiger partial charge in [-0.2, -0.15) is 0 Å². The molecule has 0 aromatic heterocycles. The van der Waals surface area contributed by atoms with Gasteiger partial charge in [0.2, 0.25) is 0 Å². The van der Waals surface area contributed by atoms with E-state index in [1.165, 1.54) is 5.56 Å². The van der Waals surface area contributed by atoms with Crippen LogP contribution < -0.4 is 10.1 Å². The average Bonchev–Trinajstić information content (AvgIpc) is 2.38. The lowest BCUT2D eigenvalue weighted by Gasteiger charge is -2.10. The molecule has 0 amide bonds. The smallest absolute Gasteiger partial charge is 0.141 e. The molecule has 0 heterocycles. The fourth-order valence-corrected chi connectivity index (χ4v) is 2.73. The van der Waals surface area contributed by atoms with Crippen LogP contribution in [0.5, 0.6) is 11.5 Å². The van der Waals surface area contributed by atoms with Crippen molar-refractivity contribution in [3.05, 3.63) is 56.5 Å². The molecule has 0 atom stereocenters. The van der Waals surface area contributed by atoms with Gasteiger partial charge in [-0.15, -0.1) is 0 Å². The Hall–Kier alpha value is -0.740. The van der Waals surface area contributed by atoms with Gasteiger partial charge in [-0.1, -0.05) is 36.2 Å². The monoisotopic (exact) mass is 373 g/mol. The zero-order valence-electron chi connectivity index (χ0n) is 10.9. The minimum absolute atomic E-state index is 0.549. The first-order valence-corrected chi connectivity index (χ1v) is 7.76. The molecule has 0 spiro atoms. The molecule has 0 fully saturated rings. The predicted molar refractivity (Wildman–Crippen MR) is 88.1 cm³/mol. The number of halogens is 3. The van der Waals surface area contributed by atoms with Gasteiger partial charge in [-0.25, -0.2) is 0 Å². The Morgan fingerprint density at radius 2 is 1.80 bits per heavy atom. The fourth-order valence-electron chi connectivity index (χ4n) is 1.72. The van der Waals surface area contributed by atoms with Gasteiger partial charge in [0.1, 0.15) is 11.5 Å². The fraction of sp³-hybridized carbons (Fsp3) is 0.200. The largest absolute Gasteiger partial charge is 0.456 e. The Morgan fingerprint density at radius 3 is 2.40 bits per heavy atom. The topological polar surface area (TPSA) is 21.3 Å². The molecule has 106 valence electrons. The van der Waals surface area contributed by atoms with E-state index in [9.17, 15) is 0 Å². The van der Waals surface area contributed by atoms with E-state index < -0.39 is 0 Å². The van der Waals surface area contributed by atoms with Crippen LogP contribution in [0.3, 0.4) is 0 Å². The lowest BCUT2D eigenvalue weighted by molar-refractivity contribution is 0.479. The third kappa shape index (κ3) is 4.38. The van der Waals surface area contributed by atoms with Crippen molar-refractivity contribution < 1.29 is 4.74 Å². The Morgan fingerprint density at radius 1 is 1.10 bits per heavy atom. The van der Waals surface area contributed by atoms with Gasteiger partial charge in [0, 0.05) is 16.6 Å². The summed E-state index contributed by atoms with van der Waals surface area (Å²) in [5, 5.41) is 4.38. The molecule has 20 heavy (non-hydrogen) atoms. The number of nitrogens with one attached hydrogen (secondary N) is 1. The third-order valence-electron chi connectivity index (χ3n) is 2.64. The van der Waals surface area contributed by atoms with Crippen LogP contribution in [-0.4, -0.2) is 6.54 Å². The summed E-state index contributed by atoms with van der Waals surface area (Å²) < 4.78 is 6.69. The van der Waals surface area contributed by atoms with E-state index in [1.807, 2.05) is 18.2 Å². The van der Waals surface area contributed by atoms with E-state index in [2.05, 4.69) is 28.2 Å². The Bertz CT molecular complexity index is 584. The molecule has 0 aliphatic carbocycles. The molecular weight excluding hydrogens is 361 g/mol. The maximum absolute atomic E-state index is 5.95. The predicted octanol–water partition coefficient (Wildman–Crippen LogP) is 5.66. The Kier molecular flexibility index (Phi) is 5.73. The molecule has 1 N–H and O–H groups in total. The summed E-state index contributed by atoms with van der Waals surface area (Å²) in [6.45, 7) is 3.85. The molecular formula is C15H14BrCl2NO. The van der Waals surface area contributed by atoms with Crippen molar-refractivity contribution in [2.75, 3.05) is 6.54 Å². The molecule has 0 aliphatic rings. The van der Waals surface area contributed by atoms with Crippen molar-refractivity contribution >= 4 is 39.1 Å². The minimum atomic E-state index is 0.549. The Labute approximate surface area is 137 Å². The van der Waals surface area contributed by atoms with Crippen LogP contribution in [0.2, 0.25) is 10.0 Å². The SMILES string of the molecule is CCNCc1ccc(Oc2cc(Cl)cc(Cl)c2)c(Br)c1. The normalized spacial score (nSPS) is 10.6. The molecule has 0 bridgehead atoms. The van der Waals surface area contributed by atoms with Gasteiger partial charge in [0.25, 0.3) is 0 Å². The van der Waals surface area contributed by atoms with Crippen molar-refractivity contribution in [1.29, 1.82) is 0 Å². The van der Waals surface area contributed by atoms with Crippen molar-refractivity contribution in [1.82, 2.24) is 5.32 Å². The summed E-state index contributed by atoms with van der Waals surface area (Å²) >= 11 is 15.4. The van der Waals surface area contributed by atoms with Gasteiger partial charge in [0.15, 0.2) is 0 Å². The molecule has 5 heteroatoms. The van der Waals surface area contributed by atoms with Crippen molar-refractivity contribution in [3.8, 4) is 11.5 Å². The number of rotatable bonds is 5. The molecule has 2 nitrogen and oxygen atoms in total. The molecule has 2 aromatic rings. The lowest BCUT2D eigenvalue weighted by Crippen LogP contribution is -2.11. The van der Waals surface area contributed by atoms with E-state index >= 15 is 0 Å². The van der Waals surface area contributed by atoms with E-state index in [1.54, 1.807) is 18.2 Å². The van der Waals surface area contributed by atoms with Crippen LogP contribution in [0.15, 0.2) is 40.9 Å². The van der Waals surface area contributed by atoms with Gasteiger partial charge in [0.05, 0.1) is 4.47 Å². The van der Waals surface area contributed by atoms with Crippen LogP contribution in [0.4, 0.5) is 0 Å². The summed E-state index contributed by atoms with van der Waals surface area (Å²) in [5.41, 5.74) is 1.19. The highest BCUT2D eigenvalue weighted by Crippen LogP contribution is 2.33. The number of ether oxygens (including phenoxy) is 1. The van der Waals surface area contributed by atoms with E-state index in [0.717, 1.165) is 23.3 Å². The molecule has 2 aromatic carbocycles. The molecule has 0 unspecified atom stereocenters. The summed E-state index contributed by atoms with van der Waals surface area (Å²) in [4.78, 5) is 0. The summed E-state index contributed by atoms with van der Waals surface area (Å²) in [6.07, 6.45) is 0. The highest BCUT2D eigenvalue weighted by molar-refractivity contribution is 9.10. The first kappa shape index (κ1) is 15.6. The van der Waals surface area contributed by atoms with E-state index in [-0.39, 0.29) is 0 Å². The summed E-state index contributed by atoms with van der Waals surface area (Å²) in [6, 6.07) is 11.1. The highest BCUT2D eigenvalue weighted by atomic mass is 79.9. The van der Waals surface area contributed by atoms with E-state index in [4.69, 9.17) is 27.9 Å². The molecule has 2 rings (SSSR count). The molecule has 0 saturated carbocycles. The molecule has 0 aliphatic heterocycles. The van der Waals surface area contributed by atoms with Crippen molar-refractivity contribution in [2.45, 2.75) is 13.5 Å². The van der Waals surface area contributed by atoms with Crippen molar-refractivity contribution in [3.63, 3.8) is 0 Å². The maximum atomic E-state index is 5.95. The second-order valence-electron chi connectivity index (χ2n) is 4.25. The van der Waals surface area contributed by atoms with Crippen LogP contribution >= 0.6 is 39.1 Å². The maximum Gasteiger partial charge on any atom is 0.141 e. The quantitative estimate of drug-likeness (QED) is 0.729. The highest BCUT2D eigenvalue weighted by Gasteiger charge is 2.06. The van der Waals surface area contributed by atoms with Gasteiger partial charge in [-0.05, 0) is 58.4 Å². The third-order valence-corrected chi connectivity index (χ3v) is 3.70. The van der Waals surface area contributed by atoms with Crippen LogP contribution in [-0.2, 0) is 6.54 Å². The van der Waals surface area contributed by atoms with Gasteiger partial charge < -0.3 is 10.1 Å². The van der Waals surface area contributed by atoms with Crippen molar-refractivity contribution in [2.24, 2.45) is 0 Å². The minimum Gasteiger partial charge on any atom is -0.456 e. The van der Waals surface area contributed by atoms with Crippen LogP contribution in [0.25, 0.3) is 0 Å². The van der Waals surface area contributed by atoms with Crippen LogP contribution in [0.1, 0.15) is 12.5 Å². The second-order valence-corrected chi connectivity index (χ2v) is 5.98. The van der Waals surface area contributed by atoms with Gasteiger partial charge in [-0.3, -0.25) is 0 Å². The van der Waals surface area contributed by atoms with Crippen LogP contribution in [0, 0.1) is 0 Å². The zero-order valence-corrected chi connectivity index (χ0v) is 14.0. The summed E-state index contributed by atoms with van der Waals surface area (Å²) in [5.74, 6) is 1.34. The van der Waals surface area contributed by atoms with Gasteiger partial charge >= 0.3 is 0 Å². The number of hydrogen-bond donors (Lipinski definition) is 1. The zero-order chi connectivity index (χ0) is 14.5. The molecule has 0 radical (unpaired) electrons.